The van der Waals surface area contributed by atoms with E-state index in [0.29, 0.717) is 18.4 Å². The molecular formula is C34H53N7O2S. The van der Waals surface area contributed by atoms with E-state index >= 15 is 0 Å². The number of rotatable bonds is 17. The van der Waals surface area contributed by atoms with Crippen LogP contribution in [0.3, 0.4) is 0 Å². The van der Waals surface area contributed by atoms with Crippen molar-refractivity contribution in [1.29, 1.82) is 0 Å². The van der Waals surface area contributed by atoms with Gasteiger partial charge >= 0.3 is 5.97 Å². The molecule has 0 aromatic carbocycles. The number of hydrogen-bond acceptors (Lipinski definition) is 8. The van der Waals surface area contributed by atoms with Gasteiger partial charge < -0.3 is 24.1 Å². The molecule has 0 aliphatic carbocycles. The zero-order chi connectivity index (χ0) is 30.8. The Kier molecular flexibility index (Phi) is 12.1. The molecule has 0 radical (unpaired) electrons. The minimum absolute atomic E-state index is 0.129. The third-order valence-corrected chi connectivity index (χ3v) is 10.9. The van der Waals surface area contributed by atoms with Gasteiger partial charge in [0.25, 0.3) is 0 Å². The average Bonchev–Trinajstić information content (AvgIpc) is 3.84. The number of likely N-dealkylation sites (tertiary alicyclic amines) is 2. The molecule has 0 bridgehead atoms. The van der Waals surface area contributed by atoms with Crippen LogP contribution in [0.15, 0.2) is 36.9 Å². The Morgan fingerprint density at radius 3 is 2.57 bits per heavy atom. The highest BCUT2D eigenvalue weighted by Crippen LogP contribution is 2.41. The molecule has 5 heterocycles. The van der Waals surface area contributed by atoms with Crippen molar-refractivity contribution in [2.45, 2.75) is 104 Å². The third-order valence-electron chi connectivity index (χ3n) is 9.78. The van der Waals surface area contributed by atoms with Crippen LogP contribution < -0.4 is 0 Å². The normalized spacial score (nSPS) is 17.4. The summed E-state index contributed by atoms with van der Waals surface area (Å²) in [5.41, 5.74) is 0.551. The highest BCUT2D eigenvalue weighted by atomic mass is 32.1. The monoisotopic (exact) mass is 623 g/mol. The van der Waals surface area contributed by atoms with Crippen molar-refractivity contribution in [2.75, 3.05) is 39.3 Å². The van der Waals surface area contributed by atoms with Crippen molar-refractivity contribution in [1.82, 2.24) is 34.2 Å². The quantitative estimate of drug-likeness (QED) is 0.192. The smallest absolute Gasteiger partial charge is 0.306 e. The maximum Gasteiger partial charge on any atom is 0.306 e. The predicted molar refractivity (Wildman–Crippen MR) is 176 cm³/mol. The summed E-state index contributed by atoms with van der Waals surface area (Å²) in [6, 6.07) is 5.10. The molecular weight excluding hydrogens is 570 g/mol. The zero-order valence-electron chi connectivity index (χ0n) is 27.2. The maximum absolute atomic E-state index is 11.8. The summed E-state index contributed by atoms with van der Waals surface area (Å²) >= 11 is 1.78. The maximum atomic E-state index is 11.8. The van der Waals surface area contributed by atoms with Gasteiger partial charge in [0.1, 0.15) is 11.6 Å². The molecule has 0 saturated carbocycles. The van der Waals surface area contributed by atoms with E-state index in [1.54, 1.807) is 11.3 Å². The van der Waals surface area contributed by atoms with Gasteiger partial charge in [-0.3, -0.25) is 9.69 Å². The second kappa shape index (κ2) is 16.2. The van der Waals surface area contributed by atoms with Gasteiger partial charge in [0, 0.05) is 60.2 Å². The van der Waals surface area contributed by atoms with Crippen LogP contribution in [0, 0.1) is 5.41 Å². The summed E-state index contributed by atoms with van der Waals surface area (Å²) in [6.07, 6.45) is 16.7. The number of nitrogens with zero attached hydrogens (tertiary/aromatic N) is 6. The van der Waals surface area contributed by atoms with Gasteiger partial charge in [0.05, 0.1) is 26.1 Å². The molecule has 44 heavy (non-hydrogen) atoms. The molecule has 1 N–H and O–H groups in total. The molecule has 3 aromatic heterocycles. The Labute approximate surface area is 268 Å². The number of aryl methyl sites for hydroxylation is 2. The number of carbonyl (C=O) groups excluding carboxylic acids is 1. The largest absolute Gasteiger partial charge is 0.466 e. The molecule has 2 saturated heterocycles. The van der Waals surface area contributed by atoms with Crippen LogP contribution >= 0.6 is 11.3 Å². The predicted octanol–water partition coefficient (Wildman–Crippen LogP) is 5.73. The van der Waals surface area contributed by atoms with E-state index in [9.17, 15) is 4.79 Å². The molecule has 2 aliphatic rings. The van der Waals surface area contributed by atoms with Crippen LogP contribution in [-0.2, 0) is 42.1 Å². The summed E-state index contributed by atoms with van der Waals surface area (Å²) in [4.78, 5) is 34.7. The highest BCUT2D eigenvalue weighted by Gasteiger charge is 2.40. The summed E-state index contributed by atoms with van der Waals surface area (Å²) in [5.74, 6) is 1.93. The second-order valence-electron chi connectivity index (χ2n) is 12.8. The highest BCUT2D eigenvalue weighted by molar-refractivity contribution is 7.11. The standard InChI is InChI=1S/C34H53N7O2S/c1-4-28(5-2)40-21-13-34(14-22-40)12-20-38(27-34)18-7-19-41-23-17-37-32(41)26-39(25-31-35-15-16-36-31)24-30-9-8-29(44-30)10-11-33(42)43-6-3/h8-9,15-17,23,28H,4-7,10-14,18-22,24-27H2,1-3H3,(H,35,36). The van der Waals surface area contributed by atoms with Crippen LogP contribution in [0.2, 0.25) is 0 Å². The van der Waals surface area contributed by atoms with E-state index in [2.05, 4.69) is 61.4 Å². The first-order valence-corrected chi connectivity index (χ1v) is 17.7. The van der Waals surface area contributed by atoms with E-state index in [-0.39, 0.29) is 5.97 Å². The molecule has 0 amide bonds. The Morgan fingerprint density at radius 2 is 1.82 bits per heavy atom. The van der Waals surface area contributed by atoms with Gasteiger partial charge in [0.2, 0.25) is 0 Å². The van der Waals surface area contributed by atoms with E-state index in [0.717, 1.165) is 63.3 Å². The number of H-pyrrole nitrogens is 1. The lowest BCUT2D eigenvalue weighted by atomic mass is 9.77. The first-order chi connectivity index (χ1) is 21.5. The molecule has 9 nitrogen and oxygen atoms in total. The summed E-state index contributed by atoms with van der Waals surface area (Å²) in [5, 5.41) is 0. The fourth-order valence-electron chi connectivity index (χ4n) is 7.24. The lowest BCUT2D eigenvalue weighted by molar-refractivity contribution is -0.143. The Balaban J connectivity index is 1.11. The molecule has 1 spiro atoms. The van der Waals surface area contributed by atoms with Crippen molar-refractivity contribution < 1.29 is 9.53 Å². The van der Waals surface area contributed by atoms with E-state index in [4.69, 9.17) is 9.72 Å². The minimum Gasteiger partial charge on any atom is -0.466 e. The first-order valence-electron chi connectivity index (χ1n) is 16.9. The topological polar surface area (TPSA) is 82.5 Å². The zero-order valence-corrected chi connectivity index (χ0v) is 28.0. The number of piperidine rings is 1. The molecule has 2 aliphatic heterocycles. The molecule has 0 unspecified atom stereocenters. The van der Waals surface area contributed by atoms with Crippen molar-refractivity contribution >= 4 is 17.3 Å². The molecule has 0 atom stereocenters. The molecule has 10 heteroatoms. The van der Waals surface area contributed by atoms with Gasteiger partial charge in [-0.25, -0.2) is 9.97 Å². The number of thiophene rings is 1. The van der Waals surface area contributed by atoms with Crippen molar-refractivity contribution in [3.8, 4) is 0 Å². The number of nitrogens with one attached hydrogen (secondary N) is 1. The van der Waals surface area contributed by atoms with Crippen molar-refractivity contribution in [3.63, 3.8) is 0 Å². The van der Waals surface area contributed by atoms with Crippen LogP contribution in [0.4, 0.5) is 0 Å². The fraction of sp³-hybridized carbons (Fsp3) is 0.676. The summed E-state index contributed by atoms with van der Waals surface area (Å²) < 4.78 is 7.44. The number of hydrogen-bond donors (Lipinski definition) is 1. The lowest BCUT2D eigenvalue weighted by Gasteiger charge is -2.42. The van der Waals surface area contributed by atoms with Crippen LogP contribution in [0.1, 0.15) is 87.1 Å². The van der Waals surface area contributed by atoms with E-state index < -0.39 is 0 Å². The first kappa shape index (κ1) is 32.9. The summed E-state index contributed by atoms with van der Waals surface area (Å²) in [7, 11) is 0. The van der Waals surface area contributed by atoms with Gasteiger partial charge in [-0.1, -0.05) is 13.8 Å². The van der Waals surface area contributed by atoms with Crippen molar-refractivity contribution in [2.24, 2.45) is 5.41 Å². The van der Waals surface area contributed by atoms with E-state index in [1.165, 1.54) is 68.0 Å². The van der Waals surface area contributed by atoms with Crippen LogP contribution in [0.5, 0.6) is 0 Å². The van der Waals surface area contributed by atoms with Gasteiger partial charge in [-0.2, -0.15) is 0 Å². The number of imidazole rings is 2. The molecule has 2 fully saturated rings. The SMILES string of the molecule is CCOC(=O)CCc1ccc(CN(Cc2ncc[nH]2)Cc2nccn2CCCN2CCC3(CCN(C(CC)CC)CC3)C2)s1. The van der Waals surface area contributed by atoms with E-state index in [1.807, 2.05) is 25.5 Å². The van der Waals surface area contributed by atoms with Crippen LogP contribution in [0.25, 0.3) is 0 Å². The molecule has 5 rings (SSSR count). The number of aromatic amines is 1. The second-order valence-corrected chi connectivity index (χ2v) is 14.0. The Bertz CT molecular complexity index is 1260. The fourth-order valence-corrected chi connectivity index (χ4v) is 8.30. The molecule has 3 aromatic rings. The third kappa shape index (κ3) is 9.02. The number of aromatic nitrogens is 4. The van der Waals surface area contributed by atoms with Crippen molar-refractivity contribution in [3.05, 3.63) is 58.3 Å². The Hall–Kier alpha value is -2.53. The lowest BCUT2D eigenvalue weighted by Crippen LogP contribution is -2.45. The number of carbonyl (C=O) groups is 1. The minimum atomic E-state index is -0.129. The Morgan fingerprint density at radius 1 is 1.02 bits per heavy atom. The van der Waals surface area contributed by atoms with Crippen LogP contribution in [-0.4, -0.2) is 85.6 Å². The van der Waals surface area contributed by atoms with Gasteiger partial charge in [0.15, 0.2) is 0 Å². The summed E-state index contributed by atoms with van der Waals surface area (Å²) in [6.45, 7) is 16.5. The van der Waals surface area contributed by atoms with Gasteiger partial charge in [-0.15, -0.1) is 11.3 Å². The average molecular weight is 624 g/mol. The molecule has 242 valence electrons. The van der Waals surface area contributed by atoms with Gasteiger partial charge in [-0.05, 0) is 95.6 Å². The number of esters is 1. The number of ether oxygens (including phenoxy) is 1.